The van der Waals surface area contributed by atoms with Gasteiger partial charge in [-0.2, -0.15) is 0 Å². The Kier molecular flexibility index (Phi) is 7.01. The molecule has 1 unspecified atom stereocenters. The van der Waals surface area contributed by atoms with Crippen LogP contribution in [-0.4, -0.2) is 30.0 Å². The Morgan fingerprint density at radius 2 is 1.87 bits per heavy atom. The highest BCUT2D eigenvalue weighted by Gasteiger charge is 2.30. The molecule has 1 aromatic rings. The molecule has 1 amide bonds. The lowest BCUT2D eigenvalue weighted by Gasteiger charge is -2.32. The standard InChI is InChI=1S/C18H28FNO3/c1-5-10-18(13-21,11-14-6-8-15(19)9-7-14)12-20-16(22)23-17(2,3)4/h6-9,21H,5,10-13H2,1-4H3,(H,20,22). The number of hydrogen-bond donors (Lipinski definition) is 2. The molecule has 1 atom stereocenters. The average Bonchev–Trinajstić information content (AvgIpc) is 2.46. The van der Waals surface area contributed by atoms with Crippen LogP contribution in [0.15, 0.2) is 24.3 Å². The number of ether oxygens (including phenoxy) is 1. The van der Waals surface area contributed by atoms with Crippen molar-refractivity contribution in [2.75, 3.05) is 13.2 Å². The molecule has 0 saturated heterocycles. The van der Waals surface area contributed by atoms with Gasteiger partial charge in [-0.15, -0.1) is 0 Å². The summed E-state index contributed by atoms with van der Waals surface area (Å²) in [4.78, 5) is 11.9. The van der Waals surface area contributed by atoms with Gasteiger partial charge in [0.15, 0.2) is 0 Å². The van der Waals surface area contributed by atoms with Crippen molar-refractivity contribution >= 4 is 6.09 Å². The average molecular weight is 325 g/mol. The van der Waals surface area contributed by atoms with Gasteiger partial charge in [0, 0.05) is 12.0 Å². The van der Waals surface area contributed by atoms with Crippen LogP contribution < -0.4 is 5.32 Å². The monoisotopic (exact) mass is 325 g/mol. The number of halogens is 1. The maximum Gasteiger partial charge on any atom is 0.407 e. The minimum Gasteiger partial charge on any atom is -0.444 e. The van der Waals surface area contributed by atoms with Gasteiger partial charge in [0.25, 0.3) is 0 Å². The molecule has 1 aromatic carbocycles. The number of aliphatic hydroxyl groups is 1. The summed E-state index contributed by atoms with van der Waals surface area (Å²) in [5.41, 5.74) is -0.114. The lowest BCUT2D eigenvalue weighted by atomic mass is 9.78. The van der Waals surface area contributed by atoms with Crippen molar-refractivity contribution in [2.45, 2.75) is 52.6 Å². The van der Waals surface area contributed by atoms with E-state index in [1.54, 1.807) is 32.9 Å². The first-order valence-corrected chi connectivity index (χ1v) is 8.02. The lowest BCUT2D eigenvalue weighted by Crippen LogP contribution is -2.43. The SMILES string of the molecule is CCCC(CO)(CNC(=O)OC(C)(C)C)Cc1ccc(F)cc1. The summed E-state index contributed by atoms with van der Waals surface area (Å²) >= 11 is 0. The van der Waals surface area contributed by atoms with E-state index in [1.165, 1.54) is 12.1 Å². The number of carbonyl (C=O) groups is 1. The molecule has 2 N–H and O–H groups in total. The molecule has 5 heteroatoms. The van der Waals surface area contributed by atoms with E-state index in [2.05, 4.69) is 5.32 Å². The van der Waals surface area contributed by atoms with Gasteiger partial charge in [0.05, 0.1) is 6.61 Å². The van der Waals surface area contributed by atoms with E-state index in [0.717, 1.165) is 18.4 Å². The highest BCUT2D eigenvalue weighted by atomic mass is 19.1. The topological polar surface area (TPSA) is 58.6 Å². The fourth-order valence-corrected chi connectivity index (χ4v) is 2.57. The normalized spacial score (nSPS) is 14.2. The van der Waals surface area contributed by atoms with Crippen LogP contribution in [0.25, 0.3) is 0 Å². The summed E-state index contributed by atoms with van der Waals surface area (Å²) in [6.07, 6.45) is 1.69. The van der Waals surface area contributed by atoms with Gasteiger partial charge in [0.2, 0.25) is 0 Å². The van der Waals surface area contributed by atoms with Crippen molar-refractivity contribution in [1.29, 1.82) is 0 Å². The molecule has 0 aliphatic carbocycles. The van der Waals surface area contributed by atoms with Crippen LogP contribution in [0.3, 0.4) is 0 Å². The predicted octanol–water partition coefficient (Wildman–Crippen LogP) is 3.67. The molecule has 0 fully saturated rings. The van der Waals surface area contributed by atoms with E-state index in [9.17, 15) is 14.3 Å². The number of rotatable bonds is 7. The van der Waals surface area contributed by atoms with E-state index in [1.807, 2.05) is 6.92 Å². The number of amides is 1. The summed E-state index contributed by atoms with van der Waals surface area (Å²) in [7, 11) is 0. The van der Waals surface area contributed by atoms with Crippen LogP contribution in [0.4, 0.5) is 9.18 Å². The fraction of sp³-hybridized carbons (Fsp3) is 0.611. The third-order valence-electron chi connectivity index (χ3n) is 3.61. The minimum atomic E-state index is -0.562. The molecule has 0 spiro atoms. The van der Waals surface area contributed by atoms with E-state index in [-0.39, 0.29) is 12.4 Å². The highest BCUT2D eigenvalue weighted by molar-refractivity contribution is 5.67. The Morgan fingerprint density at radius 1 is 1.26 bits per heavy atom. The molecule has 4 nitrogen and oxygen atoms in total. The summed E-state index contributed by atoms with van der Waals surface area (Å²) < 4.78 is 18.3. The zero-order valence-corrected chi connectivity index (χ0v) is 14.5. The Balaban J connectivity index is 2.77. The van der Waals surface area contributed by atoms with Crippen LogP contribution in [0, 0.1) is 11.2 Å². The first-order chi connectivity index (χ1) is 10.7. The smallest absolute Gasteiger partial charge is 0.407 e. The lowest BCUT2D eigenvalue weighted by molar-refractivity contribution is 0.0455. The molecular weight excluding hydrogens is 297 g/mol. The summed E-state index contributed by atoms with van der Waals surface area (Å²) in [5.74, 6) is -0.286. The van der Waals surface area contributed by atoms with Crippen LogP contribution >= 0.6 is 0 Å². The largest absolute Gasteiger partial charge is 0.444 e. The molecule has 0 aliphatic heterocycles. The number of alkyl carbamates (subject to hydrolysis) is 1. The van der Waals surface area contributed by atoms with E-state index >= 15 is 0 Å². The van der Waals surface area contributed by atoms with Gasteiger partial charge in [-0.25, -0.2) is 9.18 Å². The molecule has 1 rings (SSSR count). The second-order valence-electron chi connectivity index (χ2n) is 7.07. The third-order valence-corrected chi connectivity index (χ3v) is 3.61. The Morgan fingerprint density at radius 3 is 2.35 bits per heavy atom. The zero-order valence-electron chi connectivity index (χ0n) is 14.5. The second kappa shape index (κ2) is 8.29. The van der Waals surface area contributed by atoms with Gasteiger partial charge in [-0.3, -0.25) is 0 Å². The van der Waals surface area contributed by atoms with E-state index in [4.69, 9.17) is 4.74 Å². The Labute approximate surface area is 138 Å². The van der Waals surface area contributed by atoms with Crippen molar-refractivity contribution < 1.29 is 19.0 Å². The number of benzene rings is 1. The highest BCUT2D eigenvalue weighted by Crippen LogP contribution is 2.28. The maximum absolute atomic E-state index is 13.0. The first-order valence-electron chi connectivity index (χ1n) is 8.02. The molecule has 0 heterocycles. The molecular formula is C18H28FNO3. The third kappa shape index (κ3) is 6.99. The predicted molar refractivity (Wildman–Crippen MR) is 88.8 cm³/mol. The van der Waals surface area contributed by atoms with Gasteiger partial charge in [0.1, 0.15) is 11.4 Å². The fourth-order valence-electron chi connectivity index (χ4n) is 2.57. The van der Waals surface area contributed by atoms with Crippen LogP contribution in [0.1, 0.15) is 46.1 Å². The Hall–Kier alpha value is -1.62. The molecule has 0 radical (unpaired) electrons. The summed E-state index contributed by atoms with van der Waals surface area (Å²) in [6.45, 7) is 7.68. The molecule has 0 bridgehead atoms. The molecule has 23 heavy (non-hydrogen) atoms. The van der Waals surface area contributed by atoms with Crippen LogP contribution in [-0.2, 0) is 11.2 Å². The van der Waals surface area contributed by atoms with Crippen molar-refractivity contribution in [2.24, 2.45) is 5.41 Å². The zero-order chi connectivity index (χ0) is 17.5. The van der Waals surface area contributed by atoms with E-state index < -0.39 is 17.1 Å². The summed E-state index contributed by atoms with van der Waals surface area (Å²) in [5, 5.41) is 12.7. The van der Waals surface area contributed by atoms with Crippen LogP contribution in [0.2, 0.25) is 0 Å². The molecule has 0 saturated carbocycles. The quantitative estimate of drug-likeness (QED) is 0.804. The molecule has 0 aliphatic rings. The van der Waals surface area contributed by atoms with Crippen molar-refractivity contribution in [3.8, 4) is 0 Å². The van der Waals surface area contributed by atoms with Crippen LogP contribution in [0.5, 0.6) is 0 Å². The van der Waals surface area contributed by atoms with E-state index in [0.29, 0.717) is 13.0 Å². The number of aliphatic hydroxyl groups excluding tert-OH is 1. The number of nitrogens with one attached hydrogen (secondary N) is 1. The van der Waals surface area contributed by atoms with Gasteiger partial charge in [-0.05, 0) is 51.3 Å². The maximum atomic E-state index is 13.0. The molecule has 0 aromatic heterocycles. The second-order valence-corrected chi connectivity index (χ2v) is 7.07. The summed E-state index contributed by atoms with van der Waals surface area (Å²) in [6, 6.07) is 6.24. The van der Waals surface area contributed by atoms with Crippen molar-refractivity contribution in [3.63, 3.8) is 0 Å². The first kappa shape index (κ1) is 19.4. The van der Waals surface area contributed by atoms with Gasteiger partial charge >= 0.3 is 6.09 Å². The van der Waals surface area contributed by atoms with Gasteiger partial charge in [-0.1, -0.05) is 25.5 Å². The van der Waals surface area contributed by atoms with Crippen molar-refractivity contribution in [3.05, 3.63) is 35.6 Å². The number of hydrogen-bond acceptors (Lipinski definition) is 3. The van der Waals surface area contributed by atoms with Gasteiger partial charge < -0.3 is 15.2 Å². The number of carbonyl (C=O) groups excluding carboxylic acids is 1. The molecule has 130 valence electrons. The Bertz CT molecular complexity index is 496. The van der Waals surface area contributed by atoms with Crippen molar-refractivity contribution in [1.82, 2.24) is 5.32 Å². The minimum absolute atomic E-state index is 0.0615.